The van der Waals surface area contributed by atoms with Crippen LogP contribution in [0, 0.1) is 0 Å². The Balaban J connectivity index is 1.46. The van der Waals surface area contributed by atoms with Gasteiger partial charge in [-0.1, -0.05) is 60.7 Å². The molecular formula is C30H26N2O3. The van der Waals surface area contributed by atoms with Gasteiger partial charge in [-0.05, 0) is 54.6 Å². The number of carbonyl (C=O) groups is 1. The predicted octanol–water partition coefficient (Wildman–Crippen LogP) is 6.42. The molecule has 35 heavy (non-hydrogen) atoms. The van der Waals surface area contributed by atoms with Crippen LogP contribution in [0.25, 0.3) is 10.8 Å². The zero-order chi connectivity index (χ0) is 24.2. The van der Waals surface area contributed by atoms with Crippen molar-refractivity contribution in [2.24, 2.45) is 4.99 Å². The van der Waals surface area contributed by atoms with Crippen molar-refractivity contribution in [1.82, 2.24) is 0 Å². The van der Waals surface area contributed by atoms with Gasteiger partial charge in [-0.25, -0.2) is 4.79 Å². The Morgan fingerprint density at radius 3 is 2.49 bits per heavy atom. The molecule has 0 aromatic heterocycles. The van der Waals surface area contributed by atoms with Crippen molar-refractivity contribution in [3.8, 4) is 5.75 Å². The van der Waals surface area contributed by atoms with Crippen LogP contribution in [0.2, 0.25) is 0 Å². The Bertz CT molecular complexity index is 1490. The van der Waals surface area contributed by atoms with E-state index in [0.29, 0.717) is 12.1 Å². The highest BCUT2D eigenvalue weighted by Gasteiger charge is 2.59. The van der Waals surface area contributed by atoms with E-state index < -0.39 is 5.72 Å². The first-order valence-electron chi connectivity index (χ1n) is 11.7. The molecule has 0 fully saturated rings. The van der Waals surface area contributed by atoms with E-state index in [2.05, 4.69) is 61.2 Å². The molecule has 0 amide bonds. The second-order valence-corrected chi connectivity index (χ2v) is 9.61. The highest BCUT2D eigenvalue weighted by Crippen LogP contribution is 2.55. The second-order valence-electron chi connectivity index (χ2n) is 9.61. The average Bonchev–Trinajstić information content (AvgIpc) is 3.07. The van der Waals surface area contributed by atoms with Crippen molar-refractivity contribution < 1.29 is 14.3 Å². The first-order valence-corrected chi connectivity index (χ1v) is 11.7. The lowest BCUT2D eigenvalue weighted by Crippen LogP contribution is -2.61. The average molecular weight is 463 g/mol. The molecule has 0 bridgehead atoms. The number of ether oxygens (including phenoxy) is 2. The van der Waals surface area contributed by atoms with Crippen molar-refractivity contribution in [2.75, 3.05) is 12.0 Å². The lowest BCUT2D eigenvalue weighted by molar-refractivity contribution is 0.0600. The third-order valence-electron chi connectivity index (χ3n) is 7.38. The molecule has 4 aromatic rings. The summed E-state index contributed by atoms with van der Waals surface area (Å²) in [5.74, 6) is 0.436. The summed E-state index contributed by atoms with van der Waals surface area (Å²) in [7, 11) is 1.39. The van der Waals surface area contributed by atoms with Crippen LogP contribution in [0.15, 0.2) is 89.9 Å². The van der Waals surface area contributed by atoms with Crippen LogP contribution < -0.4 is 9.64 Å². The Hall–Kier alpha value is -4.12. The van der Waals surface area contributed by atoms with Gasteiger partial charge in [0.05, 0.1) is 24.3 Å². The van der Waals surface area contributed by atoms with Crippen molar-refractivity contribution in [2.45, 2.75) is 31.5 Å². The number of carbonyl (C=O) groups excluding carboxylic acids is 1. The summed E-state index contributed by atoms with van der Waals surface area (Å²) in [6.07, 6.45) is 1.98. The van der Waals surface area contributed by atoms with E-state index >= 15 is 0 Å². The summed E-state index contributed by atoms with van der Waals surface area (Å²) in [5, 5.41) is 2.22. The van der Waals surface area contributed by atoms with Crippen molar-refractivity contribution in [3.63, 3.8) is 0 Å². The van der Waals surface area contributed by atoms with E-state index in [-0.39, 0.29) is 11.4 Å². The van der Waals surface area contributed by atoms with Gasteiger partial charge in [-0.15, -0.1) is 0 Å². The van der Waals surface area contributed by atoms with Gasteiger partial charge in [0, 0.05) is 17.6 Å². The number of anilines is 1. The van der Waals surface area contributed by atoms with Gasteiger partial charge in [-0.3, -0.25) is 4.99 Å². The standard InChI is InChI=1S/C30H26N2O3/c1-29(2)24-10-6-7-11-25(24)32(18-20-12-14-22(15-13-20)28(33)34-3)30(29)19-31-27-23-9-5-4-8-21(23)16-17-26(27)35-30/h4-17,19H,18H2,1-3H3. The minimum absolute atomic E-state index is 0.341. The number of hydrogen-bond donors (Lipinski definition) is 0. The Morgan fingerprint density at radius 2 is 1.69 bits per heavy atom. The quantitative estimate of drug-likeness (QED) is 0.330. The minimum Gasteiger partial charge on any atom is -0.465 e. The summed E-state index contributed by atoms with van der Waals surface area (Å²) in [5.41, 5.74) is 3.60. The van der Waals surface area contributed by atoms with E-state index in [9.17, 15) is 4.79 Å². The molecule has 4 aromatic carbocycles. The zero-order valence-corrected chi connectivity index (χ0v) is 20.0. The van der Waals surface area contributed by atoms with Crippen LogP contribution in [-0.2, 0) is 16.7 Å². The third-order valence-corrected chi connectivity index (χ3v) is 7.38. The monoisotopic (exact) mass is 462 g/mol. The summed E-state index contributed by atoms with van der Waals surface area (Å²) >= 11 is 0. The number of fused-ring (bicyclic) bond motifs is 4. The number of nitrogens with zero attached hydrogens (tertiary/aromatic N) is 2. The van der Waals surface area contributed by atoms with Crippen molar-refractivity contribution in [3.05, 3.63) is 102 Å². The number of aliphatic imine (C=N–C) groups is 1. The molecule has 2 aliphatic heterocycles. The van der Waals surface area contributed by atoms with Gasteiger partial charge in [0.2, 0.25) is 5.72 Å². The maximum Gasteiger partial charge on any atom is 0.337 e. The van der Waals surface area contributed by atoms with Crippen LogP contribution in [0.1, 0.15) is 35.3 Å². The number of benzene rings is 4. The second kappa shape index (κ2) is 7.70. The van der Waals surface area contributed by atoms with E-state index in [0.717, 1.165) is 33.5 Å². The molecule has 1 atom stereocenters. The number of methoxy groups -OCH3 is 1. The topological polar surface area (TPSA) is 51.1 Å². The molecule has 0 saturated carbocycles. The zero-order valence-electron chi connectivity index (χ0n) is 20.0. The maximum absolute atomic E-state index is 11.9. The molecule has 2 heterocycles. The molecule has 5 nitrogen and oxygen atoms in total. The van der Waals surface area contributed by atoms with E-state index in [1.54, 1.807) is 12.1 Å². The van der Waals surface area contributed by atoms with Gasteiger partial charge in [0.15, 0.2) is 0 Å². The minimum atomic E-state index is -0.812. The summed E-state index contributed by atoms with van der Waals surface area (Å²) in [4.78, 5) is 19.2. The molecule has 6 rings (SSSR count). The Labute approximate surface area is 204 Å². The van der Waals surface area contributed by atoms with Crippen LogP contribution in [0.5, 0.6) is 5.75 Å². The van der Waals surface area contributed by atoms with Gasteiger partial charge in [0.1, 0.15) is 11.4 Å². The molecule has 5 heteroatoms. The number of hydrogen-bond acceptors (Lipinski definition) is 5. The highest BCUT2D eigenvalue weighted by molar-refractivity contribution is 5.99. The molecule has 0 aliphatic carbocycles. The fourth-order valence-corrected chi connectivity index (χ4v) is 5.41. The summed E-state index contributed by atoms with van der Waals surface area (Å²) < 4.78 is 11.8. The maximum atomic E-state index is 11.9. The number of para-hydroxylation sites is 1. The Morgan fingerprint density at radius 1 is 0.943 bits per heavy atom. The lowest BCUT2D eigenvalue weighted by atomic mass is 9.77. The van der Waals surface area contributed by atoms with E-state index in [4.69, 9.17) is 14.5 Å². The largest absolute Gasteiger partial charge is 0.465 e. The molecule has 0 N–H and O–H groups in total. The number of rotatable bonds is 3. The molecule has 2 aliphatic rings. The molecular weight excluding hydrogens is 436 g/mol. The van der Waals surface area contributed by atoms with Crippen LogP contribution in [-0.4, -0.2) is 25.0 Å². The lowest BCUT2D eigenvalue weighted by Gasteiger charge is -2.46. The van der Waals surface area contributed by atoms with Gasteiger partial charge < -0.3 is 14.4 Å². The first kappa shape index (κ1) is 21.4. The smallest absolute Gasteiger partial charge is 0.337 e. The van der Waals surface area contributed by atoms with Gasteiger partial charge >= 0.3 is 5.97 Å². The first-order chi connectivity index (χ1) is 16.9. The normalized spacial score (nSPS) is 19.3. The predicted molar refractivity (Wildman–Crippen MR) is 139 cm³/mol. The van der Waals surface area contributed by atoms with Crippen molar-refractivity contribution in [1.29, 1.82) is 0 Å². The SMILES string of the molecule is COC(=O)c1ccc(CN2c3ccccc3C(C)(C)C23C=Nc2c(ccc4ccccc24)O3)cc1. The van der Waals surface area contributed by atoms with Crippen LogP contribution in [0.3, 0.4) is 0 Å². The third kappa shape index (κ3) is 3.08. The number of esters is 1. The van der Waals surface area contributed by atoms with Gasteiger partial charge in [0.25, 0.3) is 0 Å². The highest BCUT2D eigenvalue weighted by atomic mass is 16.5. The van der Waals surface area contributed by atoms with E-state index in [1.165, 1.54) is 12.7 Å². The molecule has 0 saturated heterocycles. The van der Waals surface area contributed by atoms with Crippen LogP contribution in [0.4, 0.5) is 11.4 Å². The van der Waals surface area contributed by atoms with Crippen molar-refractivity contribution >= 4 is 34.3 Å². The van der Waals surface area contributed by atoms with E-state index in [1.807, 2.05) is 36.5 Å². The summed E-state index contributed by atoms with van der Waals surface area (Å²) in [6.45, 7) is 5.02. The summed E-state index contributed by atoms with van der Waals surface area (Å²) in [6, 6.07) is 28.3. The fraction of sp³-hybridized carbons (Fsp3) is 0.200. The Kier molecular flexibility index (Phi) is 4.71. The molecule has 174 valence electrons. The molecule has 0 radical (unpaired) electrons. The molecule has 1 spiro atoms. The molecule has 1 unspecified atom stereocenters. The van der Waals surface area contributed by atoms with Crippen LogP contribution >= 0.6 is 0 Å². The fourth-order valence-electron chi connectivity index (χ4n) is 5.41. The van der Waals surface area contributed by atoms with Gasteiger partial charge in [-0.2, -0.15) is 0 Å².